The lowest BCUT2D eigenvalue weighted by molar-refractivity contribution is 0.327. The number of nitrogens with zero attached hydrogens (tertiary/aromatic N) is 3. The van der Waals surface area contributed by atoms with Gasteiger partial charge in [0.15, 0.2) is 5.96 Å². The molecule has 0 amide bonds. The van der Waals surface area contributed by atoms with Gasteiger partial charge >= 0.3 is 0 Å². The van der Waals surface area contributed by atoms with Crippen molar-refractivity contribution in [3.63, 3.8) is 0 Å². The molecule has 1 aromatic carbocycles. The Morgan fingerprint density at radius 1 is 1.36 bits per heavy atom. The van der Waals surface area contributed by atoms with Crippen molar-refractivity contribution < 1.29 is 4.74 Å². The van der Waals surface area contributed by atoms with E-state index in [0.717, 1.165) is 42.8 Å². The molecule has 152 valence electrons. The minimum atomic E-state index is 0. The second-order valence-electron chi connectivity index (χ2n) is 6.35. The maximum Gasteiger partial charge on any atom is 0.191 e. The second-order valence-corrected chi connectivity index (χ2v) is 6.79. The third-order valence-electron chi connectivity index (χ3n) is 4.31. The number of hydrogen-bond donors (Lipinski definition) is 2. The van der Waals surface area contributed by atoms with E-state index in [2.05, 4.69) is 38.5 Å². The first-order valence-corrected chi connectivity index (χ1v) is 9.70. The normalized spacial score (nSPS) is 16.4. The van der Waals surface area contributed by atoms with Gasteiger partial charge < -0.3 is 20.3 Å². The molecule has 1 aliphatic heterocycles. The van der Waals surface area contributed by atoms with E-state index in [1.54, 1.807) is 12.4 Å². The topological polar surface area (TPSA) is 61.8 Å². The van der Waals surface area contributed by atoms with Crippen molar-refractivity contribution in [1.82, 2.24) is 15.6 Å². The van der Waals surface area contributed by atoms with Crippen molar-refractivity contribution in [2.24, 2.45) is 4.99 Å². The maximum atomic E-state index is 6.11. The third kappa shape index (κ3) is 7.01. The van der Waals surface area contributed by atoms with E-state index >= 15 is 0 Å². The van der Waals surface area contributed by atoms with Gasteiger partial charge in [-0.3, -0.25) is 4.98 Å². The summed E-state index contributed by atoms with van der Waals surface area (Å²) in [5.41, 5.74) is 1.17. The van der Waals surface area contributed by atoms with Crippen molar-refractivity contribution in [1.29, 1.82) is 0 Å². The van der Waals surface area contributed by atoms with Crippen LogP contribution in [0.3, 0.4) is 0 Å². The maximum absolute atomic E-state index is 6.11. The highest BCUT2D eigenvalue weighted by molar-refractivity contribution is 14.0. The number of halogens is 2. The second kappa shape index (κ2) is 12.0. The number of aromatic nitrogens is 1. The van der Waals surface area contributed by atoms with E-state index in [1.165, 1.54) is 5.69 Å². The number of benzene rings is 1. The van der Waals surface area contributed by atoms with Gasteiger partial charge in [0.25, 0.3) is 0 Å². The highest BCUT2D eigenvalue weighted by atomic mass is 127. The van der Waals surface area contributed by atoms with E-state index in [1.807, 2.05) is 30.3 Å². The molecule has 2 heterocycles. The molecule has 8 heteroatoms. The number of anilines is 1. The Bertz CT molecular complexity index is 746. The molecule has 0 bridgehead atoms. The van der Waals surface area contributed by atoms with E-state index in [-0.39, 0.29) is 24.0 Å². The van der Waals surface area contributed by atoms with Crippen molar-refractivity contribution in [3.05, 3.63) is 53.8 Å². The molecule has 0 aliphatic carbocycles. The van der Waals surface area contributed by atoms with Crippen LogP contribution in [0, 0.1) is 0 Å². The van der Waals surface area contributed by atoms with Gasteiger partial charge in [0, 0.05) is 42.6 Å². The van der Waals surface area contributed by atoms with Crippen LogP contribution in [0.15, 0.2) is 53.8 Å². The zero-order chi connectivity index (χ0) is 18.9. The van der Waals surface area contributed by atoms with Crippen LogP contribution in [0.1, 0.15) is 13.3 Å². The number of aliphatic imine (C=N–C) groups is 1. The van der Waals surface area contributed by atoms with Gasteiger partial charge in [0.05, 0.1) is 12.7 Å². The fraction of sp³-hybridized carbons (Fsp3) is 0.400. The molecule has 1 aliphatic rings. The van der Waals surface area contributed by atoms with Gasteiger partial charge in [0.1, 0.15) is 12.4 Å². The Hall–Kier alpha value is -1.74. The van der Waals surface area contributed by atoms with Gasteiger partial charge in [-0.2, -0.15) is 0 Å². The van der Waals surface area contributed by atoms with Gasteiger partial charge in [-0.1, -0.05) is 17.7 Å². The standard InChI is InChI=1S/C20H26ClN5O.HI/c1-2-23-20(24-10-12-27-19-7-4-9-22-14-19)25-17-8-11-26(15-17)18-6-3-5-16(21)13-18;/h3-7,9,13-14,17H,2,8,10-12,15H2,1H3,(H2,23,24,25);1H. The fourth-order valence-corrected chi connectivity index (χ4v) is 3.24. The number of pyridine rings is 1. The van der Waals surface area contributed by atoms with Crippen LogP contribution in [0.5, 0.6) is 5.75 Å². The molecule has 0 saturated carbocycles. The average molecular weight is 516 g/mol. The highest BCUT2D eigenvalue weighted by Gasteiger charge is 2.23. The average Bonchev–Trinajstić information content (AvgIpc) is 3.15. The first-order chi connectivity index (χ1) is 13.2. The quantitative estimate of drug-likeness (QED) is 0.256. The molecule has 2 aromatic rings. The van der Waals surface area contributed by atoms with Gasteiger partial charge in [0.2, 0.25) is 0 Å². The van der Waals surface area contributed by atoms with Crippen molar-refractivity contribution in [2.45, 2.75) is 19.4 Å². The summed E-state index contributed by atoms with van der Waals surface area (Å²) < 4.78 is 5.64. The number of nitrogens with one attached hydrogen (secondary N) is 2. The van der Waals surface area contributed by atoms with Crippen LogP contribution >= 0.6 is 35.6 Å². The molecule has 1 atom stereocenters. The molecule has 0 radical (unpaired) electrons. The fourth-order valence-electron chi connectivity index (χ4n) is 3.05. The smallest absolute Gasteiger partial charge is 0.191 e. The van der Waals surface area contributed by atoms with Crippen LogP contribution in [0.2, 0.25) is 5.02 Å². The molecule has 3 rings (SSSR count). The van der Waals surface area contributed by atoms with Crippen LogP contribution in [0.25, 0.3) is 0 Å². The highest BCUT2D eigenvalue weighted by Crippen LogP contribution is 2.23. The number of guanidine groups is 1. The predicted molar refractivity (Wildman–Crippen MR) is 126 cm³/mol. The Balaban J connectivity index is 0.00000280. The molecular formula is C20H27ClIN5O. The molecule has 0 spiro atoms. The SMILES string of the molecule is CCNC(=NCCOc1cccnc1)NC1CCN(c2cccc(Cl)c2)C1.I. The van der Waals surface area contributed by atoms with E-state index < -0.39 is 0 Å². The Kier molecular flexibility index (Phi) is 9.63. The Labute approximate surface area is 188 Å². The Morgan fingerprint density at radius 2 is 2.25 bits per heavy atom. The first kappa shape index (κ1) is 22.5. The van der Waals surface area contributed by atoms with Crippen LogP contribution in [-0.2, 0) is 0 Å². The largest absolute Gasteiger partial charge is 0.490 e. The van der Waals surface area contributed by atoms with Gasteiger partial charge in [-0.05, 0) is 43.7 Å². The Morgan fingerprint density at radius 3 is 3.00 bits per heavy atom. The predicted octanol–water partition coefficient (Wildman–Crippen LogP) is 3.57. The molecule has 1 unspecified atom stereocenters. The third-order valence-corrected chi connectivity index (χ3v) is 4.55. The van der Waals surface area contributed by atoms with Crippen LogP contribution < -0.4 is 20.3 Å². The summed E-state index contributed by atoms with van der Waals surface area (Å²) in [7, 11) is 0. The number of hydrogen-bond acceptors (Lipinski definition) is 4. The summed E-state index contributed by atoms with van der Waals surface area (Å²) in [6, 6.07) is 12.1. The summed E-state index contributed by atoms with van der Waals surface area (Å²) >= 11 is 6.11. The monoisotopic (exact) mass is 515 g/mol. The summed E-state index contributed by atoms with van der Waals surface area (Å²) in [5.74, 6) is 1.59. The first-order valence-electron chi connectivity index (χ1n) is 9.33. The lowest BCUT2D eigenvalue weighted by Crippen LogP contribution is -2.44. The van der Waals surface area contributed by atoms with Crippen LogP contribution in [0.4, 0.5) is 5.69 Å². The number of rotatable bonds is 7. The van der Waals surface area contributed by atoms with Crippen molar-refractivity contribution >= 4 is 47.2 Å². The number of ether oxygens (including phenoxy) is 1. The van der Waals surface area contributed by atoms with Crippen molar-refractivity contribution in [2.75, 3.05) is 37.7 Å². The van der Waals surface area contributed by atoms with Crippen molar-refractivity contribution in [3.8, 4) is 5.75 Å². The summed E-state index contributed by atoms with van der Waals surface area (Å²) in [6.07, 6.45) is 4.49. The minimum Gasteiger partial charge on any atom is -0.490 e. The lowest BCUT2D eigenvalue weighted by atomic mass is 10.3. The zero-order valence-corrected chi connectivity index (χ0v) is 19.1. The lowest BCUT2D eigenvalue weighted by Gasteiger charge is -2.20. The molecule has 1 fully saturated rings. The molecule has 2 N–H and O–H groups in total. The summed E-state index contributed by atoms with van der Waals surface area (Å²) in [5, 5.41) is 7.60. The van der Waals surface area contributed by atoms with E-state index in [9.17, 15) is 0 Å². The summed E-state index contributed by atoms with van der Waals surface area (Å²) in [4.78, 5) is 11.0. The zero-order valence-electron chi connectivity index (χ0n) is 16.0. The van der Waals surface area contributed by atoms with E-state index in [4.69, 9.17) is 16.3 Å². The van der Waals surface area contributed by atoms with E-state index in [0.29, 0.717) is 19.2 Å². The van der Waals surface area contributed by atoms with Gasteiger partial charge in [-0.25, -0.2) is 4.99 Å². The summed E-state index contributed by atoms with van der Waals surface area (Å²) in [6.45, 7) is 5.91. The molecule has 6 nitrogen and oxygen atoms in total. The van der Waals surface area contributed by atoms with Crippen LogP contribution in [-0.4, -0.2) is 49.8 Å². The molecule has 1 aromatic heterocycles. The minimum absolute atomic E-state index is 0. The molecule has 28 heavy (non-hydrogen) atoms. The molecular weight excluding hydrogens is 489 g/mol. The molecule has 1 saturated heterocycles. The van der Waals surface area contributed by atoms with Gasteiger partial charge in [-0.15, -0.1) is 24.0 Å².